The van der Waals surface area contributed by atoms with Crippen LogP contribution in [0.25, 0.3) is 0 Å². The van der Waals surface area contributed by atoms with E-state index in [1.165, 1.54) is 12.1 Å². The lowest BCUT2D eigenvalue weighted by atomic mass is 9.88. The predicted octanol–water partition coefficient (Wildman–Crippen LogP) is 3.34. The van der Waals surface area contributed by atoms with Crippen molar-refractivity contribution in [2.75, 3.05) is 0 Å². The van der Waals surface area contributed by atoms with Gasteiger partial charge < -0.3 is 5.11 Å². The molecule has 0 saturated heterocycles. The van der Waals surface area contributed by atoms with E-state index in [0.717, 1.165) is 25.7 Å². The van der Waals surface area contributed by atoms with Crippen LogP contribution in [0.2, 0.25) is 0 Å². The number of benzene rings is 1. The summed E-state index contributed by atoms with van der Waals surface area (Å²) in [4.78, 5) is 21.7. The first kappa shape index (κ1) is 13.5. The van der Waals surface area contributed by atoms with Crippen LogP contribution in [0, 0.1) is 16.0 Å². The Morgan fingerprint density at radius 3 is 2.68 bits per heavy atom. The minimum absolute atomic E-state index is 0.0461. The first-order chi connectivity index (χ1) is 9.08. The Bertz CT molecular complexity index is 480. The monoisotopic (exact) mass is 263 g/mol. The zero-order chi connectivity index (χ0) is 13.8. The second kappa shape index (κ2) is 5.82. The van der Waals surface area contributed by atoms with Crippen molar-refractivity contribution < 1.29 is 14.8 Å². The van der Waals surface area contributed by atoms with Crippen LogP contribution in [0.4, 0.5) is 5.69 Å². The summed E-state index contributed by atoms with van der Waals surface area (Å²) < 4.78 is 0. The molecule has 5 heteroatoms. The third-order valence-corrected chi connectivity index (χ3v) is 3.83. The van der Waals surface area contributed by atoms with Crippen molar-refractivity contribution in [3.05, 3.63) is 39.9 Å². The van der Waals surface area contributed by atoms with Gasteiger partial charge in [-0.25, -0.2) is 0 Å². The van der Waals surface area contributed by atoms with Crippen molar-refractivity contribution in [1.82, 2.24) is 0 Å². The third kappa shape index (κ3) is 3.30. The first-order valence-corrected chi connectivity index (χ1v) is 6.55. The van der Waals surface area contributed by atoms with E-state index in [0.29, 0.717) is 17.9 Å². The van der Waals surface area contributed by atoms with Crippen molar-refractivity contribution in [2.24, 2.45) is 5.92 Å². The molecule has 1 atom stereocenters. The van der Waals surface area contributed by atoms with Gasteiger partial charge in [-0.3, -0.25) is 14.9 Å². The summed E-state index contributed by atoms with van der Waals surface area (Å²) in [5.74, 6) is -1.10. The molecule has 0 unspecified atom stereocenters. The molecule has 102 valence electrons. The van der Waals surface area contributed by atoms with Crippen molar-refractivity contribution in [2.45, 2.75) is 38.0 Å². The van der Waals surface area contributed by atoms with Crippen LogP contribution in [-0.4, -0.2) is 16.0 Å². The predicted molar refractivity (Wildman–Crippen MR) is 70.0 cm³/mol. The van der Waals surface area contributed by atoms with Crippen LogP contribution in [0.5, 0.6) is 0 Å². The number of non-ortho nitro benzene ring substituents is 1. The van der Waals surface area contributed by atoms with Gasteiger partial charge >= 0.3 is 5.97 Å². The Morgan fingerprint density at radius 2 is 2.11 bits per heavy atom. The Labute approximate surface area is 111 Å². The van der Waals surface area contributed by atoms with Gasteiger partial charge in [-0.2, -0.15) is 0 Å². The van der Waals surface area contributed by atoms with E-state index in [1.807, 2.05) is 0 Å². The number of carboxylic acids is 1. The summed E-state index contributed by atoms with van der Waals surface area (Å²) >= 11 is 0. The Hall–Kier alpha value is -1.91. The van der Waals surface area contributed by atoms with Crippen LogP contribution in [0.15, 0.2) is 24.3 Å². The maximum Gasteiger partial charge on any atom is 0.310 e. The van der Waals surface area contributed by atoms with Crippen LogP contribution < -0.4 is 0 Å². The molecular weight excluding hydrogens is 246 g/mol. The van der Waals surface area contributed by atoms with E-state index in [2.05, 4.69) is 0 Å². The van der Waals surface area contributed by atoms with Crippen molar-refractivity contribution >= 4 is 11.7 Å². The average molecular weight is 263 g/mol. The van der Waals surface area contributed by atoms with Gasteiger partial charge in [-0.15, -0.1) is 0 Å². The van der Waals surface area contributed by atoms with E-state index in [9.17, 15) is 20.0 Å². The smallest absolute Gasteiger partial charge is 0.310 e. The van der Waals surface area contributed by atoms with Gasteiger partial charge in [0, 0.05) is 12.1 Å². The number of rotatable bonds is 5. The van der Waals surface area contributed by atoms with Gasteiger partial charge in [0.05, 0.1) is 10.8 Å². The lowest BCUT2D eigenvalue weighted by molar-refractivity contribution is -0.384. The molecule has 1 fully saturated rings. The standard InChI is InChI=1S/C14H17NO4/c16-14(17)13(8-10-4-1-2-5-10)11-6-3-7-12(9-11)15(18)19/h3,6-7,9-10,13H,1-2,4-5,8H2,(H,16,17)/t13-/m1/s1. The zero-order valence-electron chi connectivity index (χ0n) is 10.6. The summed E-state index contributed by atoms with van der Waals surface area (Å²) in [5.41, 5.74) is 0.490. The topological polar surface area (TPSA) is 80.4 Å². The second-order valence-electron chi connectivity index (χ2n) is 5.13. The molecular formula is C14H17NO4. The molecule has 1 aromatic carbocycles. The summed E-state index contributed by atoms with van der Waals surface area (Å²) in [5, 5.41) is 20.1. The van der Waals surface area contributed by atoms with Gasteiger partial charge in [0.25, 0.3) is 5.69 Å². The van der Waals surface area contributed by atoms with Gasteiger partial charge in [0.1, 0.15) is 0 Å². The molecule has 19 heavy (non-hydrogen) atoms. The van der Waals surface area contributed by atoms with E-state index in [-0.39, 0.29) is 5.69 Å². The summed E-state index contributed by atoms with van der Waals surface area (Å²) in [6.07, 6.45) is 5.03. The highest BCUT2D eigenvalue weighted by molar-refractivity contribution is 5.76. The normalized spacial score (nSPS) is 17.3. The van der Waals surface area contributed by atoms with Crippen molar-refractivity contribution in [3.8, 4) is 0 Å². The van der Waals surface area contributed by atoms with Crippen molar-refractivity contribution in [1.29, 1.82) is 0 Å². The molecule has 0 spiro atoms. The molecule has 0 amide bonds. The quantitative estimate of drug-likeness (QED) is 0.652. The number of carboxylic acid groups (broad SMARTS) is 1. The zero-order valence-corrected chi connectivity index (χ0v) is 10.6. The molecule has 1 aromatic rings. The molecule has 5 nitrogen and oxygen atoms in total. The fourth-order valence-electron chi connectivity index (χ4n) is 2.81. The third-order valence-electron chi connectivity index (χ3n) is 3.83. The molecule has 0 radical (unpaired) electrons. The van der Waals surface area contributed by atoms with Gasteiger partial charge in [0.2, 0.25) is 0 Å². The number of nitro benzene ring substituents is 1. The van der Waals surface area contributed by atoms with Crippen molar-refractivity contribution in [3.63, 3.8) is 0 Å². The Morgan fingerprint density at radius 1 is 1.42 bits per heavy atom. The van der Waals surface area contributed by atoms with E-state index in [4.69, 9.17) is 0 Å². The Balaban J connectivity index is 2.20. The molecule has 0 aliphatic heterocycles. The van der Waals surface area contributed by atoms with Crippen LogP contribution >= 0.6 is 0 Å². The van der Waals surface area contributed by atoms with E-state index < -0.39 is 16.8 Å². The fraction of sp³-hybridized carbons (Fsp3) is 0.500. The molecule has 1 N–H and O–H groups in total. The number of aliphatic carboxylic acids is 1. The molecule has 0 bridgehead atoms. The molecule has 1 saturated carbocycles. The average Bonchev–Trinajstić information content (AvgIpc) is 2.88. The molecule has 0 heterocycles. The van der Waals surface area contributed by atoms with E-state index in [1.54, 1.807) is 12.1 Å². The Kier molecular flexibility index (Phi) is 4.14. The highest BCUT2D eigenvalue weighted by Crippen LogP contribution is 2.35. The number of nitrogens with zero attached hydrogens (tertiary/aromatic N) is 1. The van der Waals surface area contributed by atoms with Gasteiger partial charge in [-0.1, -0.05) is 37.8 Å². The summed E-state index contributed by atoms with van der Waals surface area (Å²) in [6, 6.07) is 5.99. The minimum Gasteiger partial charge on any atom is -0.481 e. The minimum atomic E-state index is -0.896. The first-order valence-electron chi connectivity index (χ1n) is 6.55. The fourth-order valence-corrected chi connectivity index (χ4v) is 2.81. The second-order valence-corrected chi connectivity index (χ2v) is 5.13. The maximum atomic E-state index is 11.4. The van der Waals surface area contributed by atoms with Crippen LogP contribution in [0.1, 0.15) is 43.6 Å². The number of hydrogen-bond acceptors (Lipinski definition) is 3. The number of carbonyl (C=O) groups is 1. The number of nitro groups is 1. The van der Waals surface area contributed by atoms with Crippen LogP contribution in [0.3, 0.4) is 0 Å². The molecule has 2 rings (SSSR count). The van der Waals surface area contributed by atoms with Crippen LogP contribution in [-0.2, 0) is 4.79 Å². The SMILES string of the molecule is O=C(O)[C@H](CC1CCCC1)c1cccc([N+](=O)[O-])c1. The largest absolute Gasteiger partial charge is 0.481 e. The highest BCUT2D eigenvalue weighted by atomic mass is 16.6. The summed E-state index contributed by atoms with van der Waals surface area (Å²) in [6.45, 7) is 0. The summed E-state index contributed by atoms with van der Waals surface area (Å²) in [7, 11) is 0. The molecule has 0 aromatic heterocycles. The molecule has 1 aliphatic rings. The van der Waals surface area contributed by atoms with E-state index >= 15 is 0 Å². The highest BCUT2D eigenvalue weighted by Gasteiger charge is 2.27. The van der Waals surface area contributed by atoms with Gasteiger partial charge in [0.15, 0.2) is 0 Å². The number of hydrogen-bond donors (Lipinski definition) is 1. The lowest BCUT2D eigenvalue weighted by Gasteiger charge is -2.16. The lowest BCUT2D eigenvalue weighted by Crippen LogP contribution is -2.15. The molecule has 1 aliphatic carbocycles. The van der Waals surface area contributed by atoms with Gasteiger partial charge in [-0.05, 0) is 17.9 Å². The maximum absolute atomic E-state index is 11.4.